The smallest absolute Gasteiger partial charge is 0.123 e. The van der Waals surface area contributed by atoms with Crippen LogP contribution in [0, 0.1) is 12.7 Å². The molecule has 16 heavy (non-hydrogen) atoms. The Balaban J connectivity index is 2.21. The fourth-order valence-corrected chi connectivity index (χ4v) is 1.63. The van der Waals surface area contributed by atoms with Crippen molar-refractivity contribution in [1.82, 2.24) is 10.6 Å². The Morgan fingerprint density at radius 2 is 1.81 bits per heavy atom. The van der Waals surface area contributed by atoms with E-state index in [1.54, 1.807) is 12.1 Å². The monoisotopic (exact) mass is 224 g/mol. The predicted molar refractivity (Wildman–Crippen MR) is 66.0 cm³/mol. The predicted octanol–water partition coefficient (Wildman–Crippen LogP) is 2.22. The average Bonchev–Trinajstić information content (AvgIpc) is 2.22. The van der Waals surface area contributed by atoms with Gasteiger partial charge in [-0.1, -0.05) is 13.0 Å². The highest BCUT2D eigenvalue weighted by atomic mass is 19.1. The molecule has 1 rings (SSSR count). The Bertz CT molecular complexity index is 293. The third-order valence-electron chi connectivity index (χ3n) is 2.34. The van der Waals surface area contributed by atoms with Gasteiger partial charge in [0.25, 0.3) is 0 Å². The second kappa shape index (κ2) is 7.36. The lowest BCUT2D eigenvalue weighted by molar-refractivity contribution is 0.599. The maximum Gasteiger partial charge on any atom is 0.123 e. The Morgan fingerprint density at radius 1 is 1.06 bits per heavy atom. The van der Waals surface area contributed by atoms with Crippen molar-refractivity contribution in [3.63, 3.8) is 0 Å². The highest BCUT2D eigenvalue weighted by molar-refractivity contribution is 5.23. The molecule has 1 aromatic rings. The minimum atomic E-state index is -0.152. The highest BCUT2D eigenvalue weighted by Crippen LogP contribution is 2.07. The first-order valence-corrected chi connectivity index (χ1v) is 5.90. The van der Waals surface area contributed by atoms with Crippen LogP contribution in [-0.4, -0.2) is 19.6 Å². The molecule has 0 spiro atoms. The molecule has 0 unspecified atom stereocenters. The molecule has 2 N–H and O–H groups in total. The molecule has 1 aromatic carbocycles. The number of aryl methyl sites for hydroxylation is 1. The summed E-state index contributed by atoms with van der Waals surface area (Å²) in [7, 11) is 0. The van der Waals surface area contributed by atoms with Crippen LogP contribution >= 0.6 is 0 Å². The molecule has 3 heteroatoms. The molecule has 90 valence electrons. The SMILES string of the molecule is CCCNCCNCc1cc(C)cc(F)c1. The van der Waals surface area contributed by atoms with E-state index < -0.39 is 0 Å². The Kier molecular flexibility index (Phi) is 6.04. The molecule has 2 nitrogen and oxygen atoms in total. The summed E-state index contributed by atoms with van der Waals surface area (Å²) in [5.74, 6) is -0.152. The van der Waals surface area contributed by atoms with E-state index in [0.29, 0.717) is 0 Å². The maximum atomic E-state index is 13.1. The first kappa shape index (κ1) is 13.1. The minimum Gasteiger partial charge on any atom is -0.315 e. The van der Waals surface area contributed by atoms with Crippen molar-refractivity contribution >= 4 is 0 Å². The van der Waals surface area contributed by atoms with Gasteiger partial charge in [0.15, 0.2) is 0 Å². The molecular formula is C13H21FN2. The molecule has 0 aromatic heterocycles. The van der Waals surface area contributed by atoms with E-state index in [-0.39, 0.29) is 5.82 Å². The Hall–Kier alpha value is -0.930. The summed E-state index contributed by atoms with van der Waals surface area (Å²) in [5.41, 5.74) is 1.98. The lowest BCUT2D eigenvalue weighted by Crippen LogP contribution is -2.27. The van der Waals surface area contributed by atoms with Gasteiger partial charge in [-0.2, -0.15) is 0 Å². The van der Waals surface area contributed by atoms with Crippen molar-refractivity contribution in [2.45, 2.75) is 26.8 Å². The number of benzene rings is 1. The molecule has 0 aliphatic heterocycles. The molecule has 0 heterocycles. The van der Waals surface area contributed by atoms with Crippen LogP contribution in [0.25, 0.3) is 0 Å². The van der Waals surface area contributed by atoms with Gasteiger partial charge in [0.05, 0.1) is 0 Å². The van der Waals surface area contributed by atoms with Gasteiger partial charge in [0, 0.05) is 19.6 Å². The first-order valence-electron chi connectivity index (χ1n) is 5.90. The van der Waals surface area contributed by atoms with Crippen LogP contribution in [0.1, 0.15) is 24.5 Å². The fourth-order valence-electron chi connectivity index (χ4n) is 1.63. The molecule has 0 aliphatic rings. The van der Waals surface area contributed by atoms with Gasteiger partial charge in [0.2, 0.25) is 0 Å². The van der Waals surface area contributed by atoms with Gasteiger partial charge >= 0.3 is 0 Å². The van der Waals surface area contributed by atoms with Crippen molar-refractivity contribution in [2.24, 2.45) is 0 Å². The van der Waals surface area contributed by atoms with E-state index in [2.05, 4.69) is 17.6 Å². The molecule has 0 bridgehead atoms. The van der Waals surface area contributed by atoms with Crippen molar-refractivity contribution in [1.29, 1.82) is 0 Å². The van der Waals surface area contributed by atoms with E-state index in [4.69, 9.17) is 0 Å². The summed E-state index contributed by atoms with van der Waals surface area (Å²) in [4.78, 5) is 0. The molecular weight excluding hydrogens is 203 g/mol. The van der Waals surface area contributed by atoms with Crippen molar-refractivity contribution in [3.8, 4) is 0 Å². The zero-order chi connectivity index (χ0) is 11.8. The normalized spacial score (nSPS) is 10.7. The van der Waals surface area contributed by atoms with Gasteiger partial charge in [-0.15, -0.1) is 0 Å². The third kappa shape index (κ3) is 5.24. The number of nitrogens with one attached hydrogen (secondary N) is 2. The highest BCUT2D eigenvalue weighted by Gasteiger charge is 1.97. The fraction of sp³-hybridized carbons (Fsp3) is 0.538. The number of hydrogen-bond donors (Lipinski definition) is 2. The summed E-state index contributed by atoms with van der Waals surface area (Å²) in [6, 6.07) is 5.14. The molecule has 0 saturated carbocycles. The lowest BCUT2D eigenvalue weighted by atomic mass is 10.1. The lowest BCUT2D eigenvalue weighted by Gasteiger charge is -2.07. The van der Waals surface area contributed by atoms with Crippen molar-refractivity contribution in [3.05, 3.63) is 35.1 Å². The number of halogens is 1. The molecule has 0 aliphatic carbocycles. The number of rotatable bonds is 7. The van der Waals surface area contributed by atoms with Crippen molar-refractivity contribution < 1.29 is 4.39 Å². The van der Waals surface area contributed by atoms with Gasteiger partial charge in [-0.3, -0.25) is 0 Å². The molecule has 0 radical (unpaired) electrons. The quantitative estimate of drug-likeness (QED) is 0.694. The second-order valence-corrected chi connectivity index (χ2v) is 4.06. The summed E-state index contributed by atoms with van der Waals surface area (Å²) in [5, 5.41) is 6.59. The summed E-state index contributed by atoms with van der Waals surface area (Å²) >= 11 is 0. The minimum absolute atomic E-state index is 0.152. The zero-order valence-corrected chi connectivity index (χ0v) is 10.1. The van der Waals surface area contributed by atoms with Gasteiger partial charge < -0.3 is 10.6 Å². The van der Waals surface area contributed by atoms with Crippen LogP contribution in [0.2, 0.25) is 0 Å². The van der Waals surface area contributed by atoms with Crippen LogP contribution in [-0.2, 0) is 6.54 Å². The molecule has 0 fully saturated rings. The molecule has 0 saturated heterocycles. The van der Waals surface area contributed by atoms with Gasteiger partial charge in [-0.25, -0.2) is 4.39 Å². The summed E-state index contributed by atoms with van der Waals surface area (Å²) in [6.45, 7) is 7.72. The van der Waals surface area contributed by atoms with Crippen LogP contribution in [0.4, 0.5) is 4.39 Å². The maximum absolute atomic E-state index is 13.1. The van der Waals surface area contributed by atoms with Crippen LogP contribution in [0.5, 0.6) is 0 Å². The van der Waals surface area contributed by atoms with E-state index in [0.717, 1.165) is 43.7 Å². The summed E-state index contributed by atoms with van der Waals surface area (Å²) in [6.07, 6.45) is 1.16. The van der Waals surface area contributed by atoms with Crippen LogP contribution in [0.15, 0.2) is 18.2 Å². The second-order valence-electron chi connectivity index (χ2n) is 4.06. The zero-order valence-electron chi connectivity index (χ0n) is 10.1. The van der Waals surface area contributed by atoms with E-state index >= 15 is 0 Å². The van der Waals surface area contributed by atoms with Crippen LogP contribution < -0.4 is 10.6 Å². The van der Waals surface area contributed by atoms with Gasteiger partial charge in [0.1, 0.15) is 5.82 Å². The van der Waals surface area contributed by atoms with E-state index in [1.165, 1.54) is 0 Å². The van der Waals surface area contributed by atoms with Crippen molar-refractivity contribution in [2.75, 3.05) is 19.6 Å². The summed E-state index contributed by atoms with van der Waals surface area (Å²) < 4.78 is 13.1. The van der Waals surface area contributed by atoms with E-state index in [9.17, 15) is 4.39 Å². The van der Waals surface area contributed by atoms with E-state index in [1.807, 2.05) is 13.0 Å². The average molecular weight is 224 g/mol. The first-order chi connectivity index (χ1) is 7.72. The van der Waals surface area contributed by atoms with Crippen LogP contribution in [0.3, 0.4) is 0 Å². The largest absolute Gasteiger partial charge is 0.315 e. The topological polar surface area (TPSA) is 24.1 Å². The molecule has 0 amide bonds. The standard InChI is InChI=1S/C13H21FN2/c1-3-4-15-5-6-16-10-12-7-11(2)8-13(14)9-12/h7-9,15-16H,3-6,10H2,1-2H3. The Morgan fingerprint density at radius 3 is 2.50 bits per heavy atom. The molecule has 0 atom stereocenters. The third-order valence-corrected chi connectivity index (χ3v) is 2.34. The van der Waals surface area contributed by atoms with Gasteiger partial charge in [-0.05, 0) is 43.1 Å². The Labute approximate surface area is 97.3 Å². The number of hydrogen-bond acceptors (Lipinski definition) is 2.